The molecule has 2 aromatic rings. The normalized spacial score (nSPS) is 14.5. The van der Waals surface area contributed by atoms with Gasteiger partial charge in [0.25, 0.3) is 5.69 Å². The van der Waals surface area contributed by atoms with Gasteiger partial charge in [-0.1, -0.05) is 23.7 Å². The van der Waals surface area contributed by atoms with Crippen LogP contribution in [0.15, 0.2) is 47.5 Å². The Morgan fingerprint density at radius 1 is 1.27 bits per heavy atom. The lowest BCUT2D eigenvalue weighted by Gasteiger charge is -2.30. The van der Waals surface area contributed by atoms with Crippen molar-refractivity contribution in [3.05, 3.63) is 68.7 Å². The number of halogens is 1. The molecule has 0 aliphatic carbocycles. The molecule has 0 N–H and O–H groups in total. The van der Waals surface area contributed by atoms with Crippen LogP contribution in [0, 0.1) is 10.1 Å². The first-order valence-electron chi connectivity index (χ1n) is 6.87. The summed E-state index contributed by atoms with van der Waals surface area (Å²) in [6.07, 6.45) is 1.74. The summed E-state index contributed by atoms with van der Waals surface area (Å²) >= 11 is 5.91. The molecule has 2 aromatic carbocycles. The minimum atomic E-state index is -0.404. The molecule has 1 aliphatic heterocycles. The van der Waals surface area contributed by atoms with Gasteiger partial charge in [0.05, 0.1) is 23.0 Å². The molecule has 0 saturated heterocycles. The van der Waals surface area contributed by atoms with Crippen LogP contribution in [0.2, 0.25) is 5.02 Å². The second-order valence-corrected chi connectivity index (χ2v) is 5.65. The number of hydrogen-bond acceptors (Lipinski definition) is 4. The van der Waals surface area contributed by atoms with Crippen molar-refractivity contribution in [1.29, 1.82) is 0 Å². The predicted molar refractivity (Wildman–Crippen MR) is 86.7 cm³/mol. The third kappa shape index (κ3) is 2.80. The zero-order valence-corrected chi connectivity index (χ0v) is 12.7. The van der Waals surface area contributed by atoms with E-state index in [1.807, 2.05) is 24.3 Å². The fraction of sp³-hybridized carbons (Fsp3) is 0.188. The van der Waals surface area contributed by atoms with Crippen LogP contribution in [0.4, 0.5) is 11.4 Å². The van der Waals surface area contributed by atoms with Crippen molar-refractivity contribution in [3.63, 3.8) is 0 Å². The van der Waals surface area contributed by atoms with E-state index in [9.17, 15) is 10.1 Å². The van der Waals surface area contributed by atoms with E-state index in [0.29, 0.717) is 17.3 Å². The van der Waals surface area contributed by atoms with Gasteiger partial charge in [-0.25, -0.2) is 4.99 Å². The second kappa shape index (κ2) is 5.77. The maximum absolute atomic E-state index is 10.8. The van der Waals surface area contributed by atoms with Crippen LogP contribution in [0.5, 0.6) is 0 Å². The van der Waals surface area contributed by atoms with E-state index in [2.05, 4.69) is 16.8 Å². The summed E-state index contributed by atoms with van der Waals surface area (Å²) in [5.41, 5.74) is 2.85. The third-order valence-electron chi connectivity index (χ3n) is 3.83. The van der Waals surface area contributed by atoms with Crippen LogP contribution in [-0.4, -0.2) is 16.2 Å². The van der Waals surface area contributed by atoms with Crippen molar-refractivity contribution in [1.82, 2.24) is 4.90 Å². The Kier molecular flexibility index (Phi) is 3.81. The molecule has 6 heteroatoms. The summed E-state index contributed by atoms with van der Waals surface area (Å²) in [5, 5.41) is 11.5. The molecule has 0 aromatic heterocycles. The quantitative estimate of drug-likeness (QED) is 0.619. The molecule has 22 heavy (non-hydrogen) atoms. The van der Waals surface area contributed by atoms with Crippen molar-refractivity contribution in [3.8, 4) is 0 Å². The first kappa shape index (κ1) is 14.5. The summed E-state index contributed by atoms with van der Waals surface area (Å²) < 4.78 is 0. The molecule has 0 bridgehead atoms. The number of nitrogens with zero attached hydrogens (tertiary/aromatic N) is 3. The fourth-order valence-electron chi connectivity index (χ4n) is 2.46. The second-order valence-electron chi connectivity index (χ2n) is 5.21. The lowest BCUT2D eigenvalue weighted by atomic mass is 10.0. The Hall–Kier alpha value is -2.40. The van der Waals surface area contributed by atoms with Crippen LogP contribution in [-0.2, 0) is 6.54 Å². The number of fused-ring (bicyclic) bond motifs is 1. The third-order valence-corrected chi connectivity index (χ3v) is 4.08. The van der Waals surface area contributed by atoms with Crippen molar-refractivity contribution in [2.75, 3.05) is 0 Å². The zero-order valence-electron chi connectivity index (χ0n) is 11.9. The number of nitro groups is 1. The van der Waals surface area contributed by atoms with E-state index < -0.39 is 4.92 Å². The van der Waals surface area contributed by atoms with Crippen LogP contribution >= 0.6 is 11.6 Å². The van der Waals surface area contributed by atoms with Gasteiger partial charge >= 0.3 is 0 Å². The van der Waals surface area contributed by atoms with Crippen molar-refractivity contribution >= 4 is 29.3 Å². The molecule has 3 rings (SSSR count). The summed E-state index contributed by atoms with van der Waals surface area (Å²) in [4.78, 5) is 16.8. The average Bonchev–Trinajstić information content (AvgIpc) is 2.54. The summed E-state index contributed by atoms with van der Waals surface area (Å²) in [6.45, 7) is 2.76. The maximum Gasteiger partial charge on any atom is 0.271 e. The number of non-ortho nitro benzene ring substituents is 1. The molecule has 0 radical (unpaired) electrons. The smallest absolute Gasteiger partial charge is 0.271 e. The Balaban J connectivity index is 1.83. The van der Waals surface area contributed by atoms with Crippen molar-refractivity contribution in [2.45, 2.75) is 19.5 Å². The summed E-state index contributed by atoms with van der Waals surface area (Å²) in [5.74, 6) is 0. The molecule has 0 amide bonds. The molecule has 0 unspecified atom stereocenters. The number of aliphatic imine (C=N–C) groups is 1. The highest BCUT2D eigenvalue weighted by atomic mass is 35.5. The zero-order chi connectivity index (χ0) is 15.7. The lowest BCUT2D eigenvalue weighted by Crippen LogP contribution is -2.27. The van der Waals surface area contributed by atoms with Gasteiger partial charge in [-0.05, 0) is 36.2 Å². The Labute approximate surface area is 133 Å². The van der Waals surface area contributed by atoms with Gasteiger partial charge in [0.2, 0.25) is 0 Å². The van der Waals surface area contributed by atoms with Gasteiger partial charge in [0, 0.05) is 23.7 Å². The monoisotopic (exact) mass is 315 g/mol. The van der Waals surface area contributed by atoms with Crippen LogP contribution in [0.25, 0.3) is 0 Å². The molecule has 1 heterocycles. The molecule has 0 fully saturated rings. The van der Waals surface area contributed by atoms with E-state index in [1.165, 1.54) is 12.1 Å². The van der Waals surface area contributed by atoms with Gasteiger partial charge in [0.15, 0.2) is 0 Å². The summed E-state index contributed by atoms with van der Waals surface area (Å²) in [7, 11) is 0. The van der Waals surface area contributed by atoms with Crippen LogP contribution in [0.1, 0.15) is 24.1 Å². The number of rotatable bonds is 3. The first-order chi connectivity index (χ1) is 10.5. The molecule has 0 saturated carbocycles. The van der Waals surface area contributed by atoms with Crippen molar-refractivity contribution in [2.24, 2.45) is 4.99 Å². The number of nitro benzene ring substituents is 1. The highest BCUT2D eigenvalue weighted by Crippen LogP contribution is 2.32. The predicted octanol–water partition coefficient (Wildman–Crippen LogP) is 4.48. The Morgan fingerprint density at radius 2 is 2.00 bits per heavy atom. The largest absolute Gasteiger partial charge is 0.351 e. The van der Waals surface area contributed by atoms with Gasteiger partial charge in [0.1, 0.15) is 0 Å². The number of hydrogen-bond donors (Lipinski definition) is 0. The Morgan fingerprint density at radius 3 is 2.68 bits per heavy atom. The average molecular weight is 316 g/mol. The van der Waals surface area contributed by atoms with Crippen molar-refractivity contribution < 1.29 is 4.92 Å². The van der Waals surface area contributed by atoms with Gasteiger partial charge in [-0.2, -0.15) is 0 Å². The van der Waals surface area contributed by atoms with E-state index in [0.717, 1.165) is 11.1 Å². The molecule has 5 nitrogen and oxygen atoms in total. The molecule has 1 atom stereocenters. The van der Waals surface area contributed by atoms with Gasteiger partial charge in [-0.3, -0.25) is 10.1 Å². The standard InChI is InChI=1S/C16H14ClN3O2/c1-11(12-2-5-14(17)6-3-12)19-9-13-4-7-15(20(21)22)8-16(13)18-10-19/h2-8,10-11H,9H2,1H3/t11-/m1/s1. The van der Waals surface area contributed by atoms with E-state index >= 15 is 0 Å². The summed E-state index contributed by atoms with van der Waals surface area (Å²) in [6, 6.07) is 12.7. The Bertz CT molecular complexity index is 744. The molecular weight excluding hydrogens is 302 g/mol. The van der Waals surface area contributed by atoms with Crippen LogP contribution in [0.3, 0.4) is 0 Å². The number of benzene rings is 2. The SMILES string of the molecule is C[C@H](c1ccc(Cl)cc1)N1C=Nc2cc([N+](=O)[O-])ccc2C1. The molecule has 112 valence electrons. The van der Waals surface area contributed by atoms with E-state index in [4.69, 9.17) is 11.6 Å². The fourth-order valence-corrected chi connectivity index (χ4v) is 2.59. The van der Waals surface area contributed by atoms with Crippen LogP contribution < -0.4 is 0 Å². The minimum absolute atomic E-state index is 0.0649. The van der Waals surface area contributed by atoms with E-state index in [-0.39, 0.29) is 11.7 Å². The topological polar surface area (TPSA) is 58.7 Å². The maximum atomic E-state index is 10.8. The minimum Gasteiger partial charge on any atom is -0.351 e. The molecule has 1 aliphatic rings. The molecule has 0 spiro atoms. The van der Waals surface area contributed by atoms with E-state index in [1.54, 1.807) is 12.4 Å². The van der Waals surface area contributed by atoms with Gasteiger partial charge < -0.3 is 4.90 Å². The van der Waals surface area contributed by atoms with Gasteiger partial charge in [-0.15, -0.1) is 0 Å². The lowest BCUT2D eigenvalue weighted by molar-refractivity contribution is -0.384. The first-order valence-corrected chi connectivity index (χ1v) is 7.25. The highest BCUT2D eigenvalue weighted by Gasteiger charge is 2.20. The molecular formula is C16H14ClN3O2. The highest BCUT2D eigenvalue weighted by molar-refractivity contribution is 6.30.